The molecule has 5 heteroatoms. The lowest BCUT2D eigenvalue weighted by Crippen LogP contribution is -2.11. The fourth-order valence-corrected chi connectivity index (χ4v) is 2.91. The maximum absolute atomic E-state index is 5.94. The van der Waals surface area contributed by atoms with E-state index in [1.807, 2.05) is 11.8 Å². The molecule has 0 radical (unpaired) electrons. The first-order chi connectivity index (χ1) is 7.76. The van der Waals surface area contributed by atoms with Gasteiger partial charge in [-0.2, -0.15) is 11.8 Å². The molecule has 1 aliphatic rings. The Kier molecular flexibility index (Phi) is 3.66. The van der Waals surface area contributed by atoms with Crippen LogP contribution in [0.25, 0.3) is 0 Å². The van der Waals surface area contributed by atoms with Gasteiger partial charge in [-0.05, 0) is 6.42 Å². The van der Waals surface area contributed by atoms with E-state index in [0.29, 0.717) is 5.82 Å². The summed E-state index contributed by atoms with van der Waals surface area (Å²) in [6.45, 7) is 2.12. The molecule has 2 rings (SSSR count). The lowest BCUT2D eigenvalue weighted by Gasteiger charge is -2.14. The Morgan fingerprint density at radius 1 is 1.44 bits per heavy atom. The summed E-state index contributed by atoms with van der Waals surface area (Å²) in [7, 11) is 1.70. The zero-order valence-corrected chi connectivity index (χ0v) is 10.5. The van der Waals surface area contributed by atoms with Crippen LogP contribution >= 0.6 is 11.8 Å². The first kappa shape index (κ1) is 11.7. The smallest absolute Gasteiger partial charge is 0.159 e. The van der Waals surface area contributed by atoms with Crippen molar-refractivity contribution in [3.05, 3.63) is 17.1 Å². The van der Waals surface area contributed by atoms with Gasteiger partial charge in [-0.25, -0.2) is 9.97 Å². The molecule has 0 aliphatic carbocycles. The molecule has 2 N–H and O–H groups in total. The third kappa shape index (κ3) is 2.15. The molecule has 0 spiro atoms. The van der Waals surface area contributed by atoms with Crippen LogP contribution in [-0.4, -0.2) is 17.1 Å². The summed E-state index contributed by atoms with van der Waals surface area (Å²) in [5.74, 6) is 3.25. The van der Waals surface area contributed by atoms with E-state index in [4.69, 9.17) is 10.5 Å². The minimum atomic E-state index is -0.0248. The summed E-state index contributed by atoms with van der Waals surface area (Å²) < 4.78 is 5.40. The van der Waals surface area contributed by atoms with Gasteiger partial charge in [0.25, 0.3) is 0 Å². The molecule has 0 bridgehead atoms. The number of aromatic nitrogens is 2. The fraction of sp³-hybridized carbons (Fsp3) is 0.636. The number of fused-ring (bicyclic) bond motifs is 1. The molecule has 0 amide bonds. The van der Waals surface area contributed by atoms with E-state index in [-0.39, 0.29) is 6.10 Å². The van der Waals surface area contributed by atoms with E-state index in [1.165, 1.54) is 0 Å². The largest absolute Gasteiger partial charge is 0.383 e. The second-order valence-electron chi connectivity index (χ2n) is 3.90. The van der Waals surface area contributed by atoms with Crippen molar-refractivity contribution in [2.24, 2.45) is 0 Å². The maximum Gasteiger partial charge on any atom is 0.159 e. The van der Waals surface area contributed by atoms with Gasteiger partial charge in [0.2, 0.25) is 0 Å². The van der Waals surface area contributed by atoms with Gasteiger partial charge in [0.15, 0.2) is 5.82 Å². The van der Waals surface area contributed by atoms with Crippen LogP contribution in [0, 0.1) is 0 Å². The number of nitrogen functional groups attached to an aromatic ring is 1. The van der Waals surface area contributed by atoms with Crippen LogP contribution in [0.3, 0.4) is 0 Å². The fourth-order valence-electron chi connectivity index (χ4n) is 1.85. The average Bonchev–Trinajstić information content (AvgIpc) is 2.74. The van der Waals surface area contributed by atoms with Crippen molar-refractivity contribution < 1.29 is 4.74 Å². The summed E-state index contributed by atoms with van der Waals surface area (Å²) in [6.07, 6.45) is 1.96. The minimum Gasteiger partial charge on any atom is -0.383 e. The molecule has 0 saturated carbocycles. The topological polar surface area (TPSA) is 61.0 Å². The first-order valence-corrected chi connectivity index (χ1v) is 6.67. The number of hydrogen-bond donors (Lipinski definition) is 1. The van der Waals surface area contributed by atoms with Gasteiger partial charge in [0.05, 0.1) is 5.69 Å². The molecule has 16 heavy (non-hydrogen) atoms. The Balaban J connectivity index is 2.31. The van der Waals surface area contributed by atoms with Crippen molar-refractivity contribution in [2.75, 3.05) is 12.8 Å². The van der Waals surface area contributed by atoms with E-state index in [2.05, 4.69) is 16.9 Å². The van der Waals surface area contributed by atoms with Crippen molar-refractivity contribution in [2.45, 2.75) is 37.4 Å². The highest BCUT2D eigenvalue weighted by Gasteiger charge is 2.21. The van der Waals surface area contributed by atoms with Crippen LogP contribution < -0.4 is 5.73 Å². The average molecular weight is 239 g/mol. The van der Waals surface area contributed by atoms with Gasteiger partial charge >= 0.3 is 0 Å². The first-order valence-electron chi connectivity index (χ1n) is 5.52. The second-order valence-corrected chi connectivity index (χ2v) is 4.88. The van der Waals surface area contributed by atoms with Crippen molar-refractivity contribution in [1.82, 2.24) is 9.97 Å². The van der Waals surface area contributed by atoms with Gasteiger partial charge in [-0.3, -0.25) is 0 Å². The molecule has 2 heterocycles. The van der Waals surface area contributed by atoms with Crippen molar-refractivity contribution in [1.29, 1.82) is 0 Å². The number of nitrogens with zero attached hydrogens (tertiary/aromatic N) is 2. The molecular weight excluding hydrogens is 222 g/mol. The van der Waals surface area contributed by atoms with Gasteiger partial charge in [-0.15, -0.1) is 0 Å². The highest BCUT2D eigenvalue weighted by molar-refractivity contribution is 7.98. The lowest BCUT2D eigenvalue weighted by molar-refractivity contribution is 0.0875. The zero-order valence-electron chi connectivity index (χ0n) is 9.69. The van der Waals surface area contributed by atoms with E-state index < -0.39 is 0 Å². The monoisotopic (exact) mass is 239 g/mol. The van der Waals surface area contributed by atoms with Crippen LogP contribution in [0.4, 0.5) is 5.82 Å². The second kappa shape index (κ2) is 5.01. The van der Waals surface area contributed by atoms with Crippen molar-refractivity contribution >= 4 is 17.6 Å². The molecule has 1 aliphatic heterocycles. The summed E-state index contributed by atoms with van der Waals surface area (Å²) >= 11 is 1.84. The van der Waals surface area contributed by atoms with Crippen LogP contribution in [0.2, 0.25) is 0 Å². The molecule has 1 aromatic heterocycles. The van der Waals surface area contributed by atoms with Gasteiger partial charge in [0.1, 0.15) is 11.9 Å². The van der Waals surface area contributed by atoms with Crippen LogP contribution in [0.15, 0.2) is 0 Å². The Hall–Kier alpha value is -0.810. The van der Waals surface area contributed by atoms with Gasteiger partial charge in [0, 0.05) is 24.2 Å². The van der Waals surface area contributed by atoms with E-state index in [9.17, 15) is 0 Å². The quantitative estimate of drug-likeness (QED) is 0.873. The molecular formula is C11H17N3OS. The van der Waals surface area contributed by atoms with Gasteiger partial charge < -0.3 is 10.5 Å². The van der Waals surface area contributed by atoms with E-state index >= 15 is 0 Å². The molecule has 1 aromatic rings. The number of methoxy groups -OCH3 is 1. The van der Waals surface area contributed by atoms with Crippen LogP contribution in [-0.2, 0) is 16.2 Å². The summed E-state index contributed by atoms with van der Waals surface area (Å²) in [5, 5.41) is 0. The lowest BCUT2D eigenvalue weighted by atomic mass is 10.1. The van der Waals surface area contributed by atoms with Crippen LogP contribution in [0.1, 0.15) is 43.0 Å². The number of ether oxygens (including phenoxy) is 1. The number of anilines is 1. The Morgan fingerprint density at radius 2 is 2.25 bits per heavy atom. The summed E-state index contributed by atoms with van der Waals surface area (Å²) in [4.78, 5) is 8.93. The highest BCUT2D eigenvalue weighted by atomic mass is 32.2. The SMILES string of the molecule is CCCC(OC)c1nc(N)c2c(n1)CSC2. The van der Waals surface area contributed by atoms with Crippen molar-refractivity contribution in [3.8, 4) is 0 Å². The normalized spacial score (nSPS) is 16.1. The number of nitrogens with two attached hydrogens (primary N) is 1. The predicted octanol–water partition coefficient (Wildman–Crippen LogP) is 2.29. The molecule has 88 valence electrons. The van der Waals surface area contributed by atoms with E-state index in [0.717, 1.165) is 41.4 Å². The maximum atomic E-state index is 5.94. The molecule has 1 atom stereocenters. The van der Waals surface area contributed by atoms with Gasteiger partial charge in [-0.1, -0.05) is 13.3 Å². The summed E-state index contributed by atoms with van der Waals surface area (Å²) in [6, 6.07) is 0. The molecule has 0 aromatic carbocycles. The van der Waals surface area contributed by atoms with E-state index in [1.54, 1.807) is 7.11 Å². The summed E-state index contributed by atoms with van der Waals surface area (Å²) in [5.41, 5.74) is 8.14. The Labute approximate surface area is 100.0 Å². The number of rotatable bonds is 4. The molecule has 4 nitrogen and oxygen atoms in total. The Morgan fingerprint density at radius 3 is 2.94 bits per heavy atom. The number of thioether (sulfide) groups is 1. The minimum absolute atomic E-state index is 0.0248. The molecule has 0 fully saturated rings. The third-order valence-electron chi connectivity index (χ3n) is 2.75. The molecule has 1 unspecified atom stereocenters. The highest BCUT2D eigenvalue weighted by Crippen LogP contribution is 2.33. The molecule has 0 saturated heterocycles. The predicted molar refractivity (Wildman–Crippen MR) is 66.1 cm³/mol. The third-order valence-corrected chi connectivity index (χ3v) is 3.72. The zero-order chi connectivity index (χ0) is 11.5. The van der Waals surface area contributed by atoms with Crippen LogP contribution in [0.5, 0.6) is 0 Å². The standard InChI is InChI=1S/C11H17N3OS/c1-3-4-9(15-2)11-13-8-6-16-5-7(8)10(12)14-11/h9H,3-6H2,1-2H3,(H2,12,13,14). The number of hydrogen-bond acceptors (Lipinski definition) is 5. The van der Waals surface area contributed by atoms with Crippen molar-refractivity contribution in [3.63, 3.8) is 0 Å². The Bertz CT molecular complexity index is 384.